The minimum atomic E-state index is -4.91. The van der Waals surface area contributed by atoms with Crippen molar-refractivity contribution in [2.75, 3.05) is 0 Å². The number of alkyl halides is 3. The second-order valence-electron chi connectivity index (χ2n) is 8.10. The number of benzene rings is 2. The van der Waals surface area contributed by atoms with Gasteiger partial charge < -0.3 is 0 Å². The summed E-state index contributed by atoms with van der Waals surface area (Å²) < 4.78 is 73.8. The van der Waals surface area contributed by atoms with Crippen molar-refractivity contribution in [2.24, 2.45) is 0 Å². The summed E-state index contributed by atoms with van der Waals surface area (Å²) >= 11 is 0. The van der Waals surface area contributed by atoms with Gasteiger partial charge in [0.2, 0.25) is 5.60 Å². The van der Waals surface area contributed by atoms with Crippen LogP contribution in [0.25, 0.3) is 0 Å². The molecule has 0 aliphatic rings. The summed E-state index contributed by atoms with van der Waals surface area (Å²) in [4.78, 5) is -0.296. The molecule has 0 fully saturated rings. The van der Waals surface area contributed by atoms with Crippen molar-refractivity contribution in [2.45, 2.75) is 55.7 Å². The number of halogens is 3. The molecule has 0 aromatic heterocycles. The van der Waals surface area contributed by atoms with E-state index in [1.807, 2.05) is 19.6 Å². The van der Waals surface area contributed by atoms with Crippen LogP contribution in [0, 0.1) is 6.92 Å². The van der Waals surface area contributed by atoms with Gasteiger partial charge in [0.1, 0.15) is 0 Å². The van der Waals surface area contributed by atoms with E-state index in [4.69, 9.17) is 4.18 Å². The van der Waals surface area contributed by atoms with Crippen LogP contribution in [-0.4, -0.2) is 22.7 Å². The standard InChI is InChI=1S/C20H25F3O3SSi/c1-16-10-12-18(13-11-16)27(24,25)26-19(20(21,22)23,14-15-28(2,3)4)17-8-6-5-7-9-17/h5-13H,14-15H2,1-4H3. The molecule has 0 amide bonds. The molecule has 154 valence electrons. The maximum Gasteiger partial charge on any atom is 0.423 e. The molecular weight excluding hydrogens is 405 g/mol. The van der Waals surface area contributed by atoms with Crippen molar-refractivity contribution in [3.63, 3.8) is 0 Å². The fraction of sp³-hybridized carbons (Fsp3) is 0.400. The minimum Gasteiger partial charge on any atom is -0.245 e. The van der Waals surface area contributed by atoms with Crippen LogP contribution in [0.1, 0.15) is 17.5 Å². The lowest BCUT2D eigenvalue weighted by Crippen LogP contribution is -2.47. The molecule has 0 aliphatic heterocycles. The maximum absolute atomic E-state index is 14.4. The smallest absolute Gasteiger partial charge is 0.245 e. The first-order chi connectivity index (χ1) is 12.8. The molecule has 0 bridgehead atoms. The maximum atomic E-state index is 14.4. The average Bonchev–Trinajstić information content (AvgIpc) is 2.58. The summed E-state index contributed by atoms with van der Waals surface area (Å²) in [7, 11) is -6.55. The van der Waals surface area contributed by atoms with E-state index in [-0.39, 0.29) is 16.5 Å². The molecular formula is C20H25F3O3SSi. The van der Waals surface area contributed by atoms with Crippen LogP contribution in [0.2, 0.25) is 25.7 Å². The Morgan fingerprint density at radius 3 is 1.93 bits per heavy atom. The van der Waals surface area contributed by atoms with Gasteiger partial charge in [-0.25, -0.2) is 4.18 Å². The zero-order chi connectivity index (χ0) is 21.2. The molecule has 28 heavy (non-hydrogen) atoms. The average molecular weight is 431 g/mol. The summed E-state index contributed by atoms with van der Waals surface area (Å²) in [6.07, 6.45) is -5.37. The van der Waals surface area contributed by atoms with Crippen LogP contribution >= 0.6 is 0 Å². The first-order valence-electron chi connectivity index (χ1n) is 8.91. The van der Waals surface area contributed by atoms with E-state index in [1.54, 1.807) is 13.0 Å². The highest BCUT2D eigenvalue weighted by molar-refractivity contribution is 7.86. The zero-order valence-corrected chi connectivity index (χ0v) is 18.2. The Bertz CT molecular complexity index is 889. The third kappa shape index (κ3) is 5.24. The van der Waals surface area contributed by atoms with E-state index < -0.39 is 36.4 Å². The predicted octanol–water partition coefficient (Wildman–Crippen LogP) is 5.89. The largest absolute Gasteiger partial charge is 0.423 e. The van der Waals surface area contributed by atoms with Crippen LogP contribution in [-0.2, 0) is 19.9 Å². The summed E-state index contributed by atoms with van der Waals surface area (Å²) in [6.45, 7) is 7.57. The zero-order valence-electron chi connectivity index (χ0n) is 16.4. The van der Waals surface area contributed by atoms with Crippen LogP contribution in [0.5, 0.6) is 0 Å². The van der Waals surface area contributed by atoms with Crippen molar-refractivity contribution in [1.29, 1.82) is 0 Å². The summed E-state index contributed by atoms with van der Waals surface area (Å²) in [5.41, 5.74) is -2.35. The second-order valence-corrected chi connectivity index (χ2v) is 15.3. The van der Waals surface area contributed by atoms with Crippen LogP contribution in [0.15, 0.2) is 59.5 Å². The Kier molecular flexibility index (Phi) is 6.47. The van der Waals surface area contributed by atoms with Crippen molar-refractivity contribution in [1.82, 2.24) is 0 Å². The summed E-state index contributed by atoms with van der Waals surface area (Å²) in [6, 6.07) is 12.8. The molecule has 2 rings (SSSR count). The molecule has 0 spiro atoms. The molecule has 0 saturated carbocycles. The van der Waals surface area contributed by atoms with Gasteiger partial charge in [-0.3, -0.25) is 0 Å². The van der Waals surface area contributed by atoms with E-state index in [9.17, 15) is 21.6 Å². The highest BCUT2D eigenvalue weighted by atomic mass is 32.2. The monoisotopic (exact) mass is 430 g/mol. The molecule has 0 heterocycles. The topological polar surface area (TPSA) is 43.4 Å². The first kappa shape index (κ1) is 22.6. The van der Waals surface area contributed by atoms with E-state index in [1.165, 1.54) is 48.5 Å². The third-order valence-electron chi connectivity index (χ3n) is 4.49. The highest BCUT2D eigenvalue weighted by Gasteiger charge is 2.60. The Morgan fingerprint density at radius 2 is 1.46 bits per heavy atom. The van der Waals surface area contributed by atoms with Crippen LogP contribution in [0.3, 0.4) is 0 Å². The Labute approximate surface area is 165 Å². The number of hydrogen-bond acceptors (Lipinski definition) is 3. The third-order valence-corrected chi connectivity index (χ3v) is 7.59. The minimum absolute atomic E-state index is 0.212. The van der Waals surface area contributed by atoms with Crippen LogP contribution in [0.4, 0.5) is 13.2 Å². The van der Waals surface area contributed by atoms with Gasteiger partial charge >= 0.3 is 6.18 Å². The van der Waals surface area contributed by atoms with Gasteiger partial charge in [-0.2, -0.15) is 21.6 Å². The Balaban J connectivity index is 2.60. The SMILES string of the molecule is Cc1ccc(S(=O)(=O)OC(CC[Si](C)(C)C)(c2ccccc2)C(F)(F)F)cc1. The highest BCUT2D eigenvalue weighted by Crippen LogP contribution is 2.48. The van der Waals surface area contributed by atoms with Gasteiger partial charge in [0.15, 0.2) is 0 Å². The molecule has 1 atom stereocenters. The Hall–Kier alpha value is -1.64. The van der Waals surface area contributed by atoms with Gasteiger partial charge in [-0.05, 0) is 31.0 Å². The lowest BCUT2D eigenvalue weighted by atomic mass is 9.90. The molecule has 0 radical (unpaired) electrons. The van der Waals surface area contributed by atoms with E-state index in [2.05, 4.69) is 0 Å². The Morgan fingerprint density at radius 1 is 0.929 bits per heavy atom. The lowest BCUT2D eigenvalue weighted by Gasteiger charge is -2.36. The number of hydrogen-bond donors (Lipinski definition) is 0. The van der Waals surface area contributed by atoms with E-state index in [0.717, 1.165) is 5.56 Å². The molecule has 0 aliphatic carbocycles. The quantitative estimate of drug-likeness (QED) is 0.407. The molecule has 8 heteroatoms. The van der Waals surface area contributed by atoms with Crippen molar-refractivity contribution < 1.29 is 25.8 Å². The molecule has 2 aromatic rings. The molecule has 0 saturated heterocycles. The first-order valence-corrected chi connectivity index (χ1v) is 14.0. The van der Waals surface area contributed by atoms with Gasteiger partial charge in [-0.1, -0.05) is 73.7 Å². The number of rotatable bonds is 7. The lowest BCUT2D eigenvalue weighted by molar-refractivity contribution is -0.254. The second kappa shape index (κ2) is 8.00. The molecule has 0 N–H and O–H groups in total. The van der Waals surface area contributed by atoms with Gasteiger partial charge in [0.05, 0.1) is 4.90 Å². The predicted molar refractivity (Wildman–Crippen MR) is 106 cm³/mol. The van der Waals surface area contributed by atoms with Crippen molar-refractivity contribution in [3.05, 3.63) is 65.7 Å². The van der Waals surface area contributed by atoms with Gasteiger partial charge in [0, 0.05) is 8.07 Å². The van der Waals surface area contributed by atoms with Crippen LogP contribution < -0.4 is 0 Å². The molecule has 3 nitrogen and oxygen atoms in total. The van der Waals surface area contributed by atoms with E-state index >= 15 is 0 Å². The fourth-order valence-corrected chi connectivity index (χ4v) is 5.10. The number of aryl methyl sites for hydroxylation is 1. The van der Waals surface area contributed by atoms with Gasteiger partial charge in [-0.15, -0.1) is 0 Å². The normalized spacial score (nSPS) is 15.2. The van der Waals surface area contributed by atoms with Gasteiger partial charge in [0.25, 0.3) is 10.1 Å². The van der Waals surface area contributed by atoms with E-state index in [0.29, 0.717) is 0 Å². The van der Waals surface area contributed by atoms with Crippen molar-refractivity contribution >= 4 is 18.2 Å². The summed E-state index contributed by atoms with van der Waals surface area (Å²) in [5, 5.41) is 0. The van der Waals surface area contributed by atoms with Crippen molar-refractivity contribution in [3.8, 4) is 0 Å². The molecule has 1 unspecified atom stereocenters. The summed E-state index contributed by atoms with van der Waals surface area (Å²) in [5.74, 6) is 0. The fourth-order valence-electron chi connectivity index (χ4n) is 2.79. The molecule has 2 aromatic carbocycles.